The number of rotatable bonds is 3. The van der Waals surface area contributed by atoms with Crippen LogP contribution in [0.25, 0.3) is 10.9 Å². The van der Waals surface area contributed by atoms with Gasteiger partial charge in [-0.1, -0.05) is 12.1 Å². The van der Waals surface area contributed by atoms with Crippen LogP contribution in [0.2, 0.25) is 0 Å². The number of nitro groups is 1. The van der Waals surface area contributed by atoms with Gasteiger partial charge in [0.25, 0.3) is 5.69 Å². The van der Waals surface area contributed by atoms with Crippen LogP contribution >= 0.6 is 0 Å². The van der Waals surface area contributed by atoms with E-state index in [1.54, 1.807) is 29.1 Å². The molecule has 3 rings (SSSR count). The molecule has 1 aromatic carbocycles. The van der Waals surface area contributed by atoms with Crippen molar-refractivity contribution in [2.45, 2.75) is 0 Å². The fourth-order valence-corrected chi connectivity index (χ4v) is 1.95. The summed E-state index contributed by atoms with van der Waals surface area (Å²) < 4.78 is 1.77. The lowest BCUT2D eigenvalue weighted by molar-refractivity contribution is -0.383. The van der Waals surface area contributed by atoms with Crippen LogP contribution in [0.3, 0.4) is 0 Å². The third-order valence-corrected chi connectivity index (χ3v) is 2.80. The van der Waals surface area contributed by atoms with E-state index in [0.29, 0.717) is 10.9 Å². The SMILES string of the molecule is O=[N+]([O-])c1cccc2c(Nn3cccc3)ccnc12. The van der Waals surface area contributed by atoms with Crippen molar-refractivity contribution in [1.82, 2.24) is 9.66 Å². The maximum Gasteiger partial charge on any atom is 0.295 e. The fourth-order valence-electron chi connectivity index (χ4n) is 1.95. The summed E-state index contributed by atoms with van der Waals surface area (Å²) in [6.07, 6.45) is 5.26. The first-order valence-corrected chi connectivity index (χ1v) is 5.68. The fraction of sp³-hybridized carbons (Fsp3) is 0. The monoisotopic (exact) mass is 254 g/mol. The van der Waals surface area contributed by atoms with Crippen molar-refractivity contribution in [3.05, 3.63) is 65.1 Å². The second-order valence-electron chi connectivity index (χ2n) is 3.99. The van der Waals surface area contributed by atoms with Crippen LogP contribution in [0, 0.1) is 10.1 Å². The minimum Gasteiger partial charge on any atom is -0.294 e. The van der Waals surface area contributed by atoms with Crippen LogP contribution in [0.4, 0.5) is 11.4 Å². The zero-order valence-electron chi connectivity index (χ0n) is 9.85. The Balaban J connectivity index is 2.16. The van der Waals surface area contributed by atoms with Crippen LogP contribution in [-0.2, 0) is 0 Å². The highest BCUT2D eigenvalue weighted by Gasteiger charge is 2.14. The van der Waals surface area contributed by atoms with Gasteiger partial charge in [-0.15, -0.1) is 0 Å². The number of hydrogen-bond donors (Lipinski definition) is 1. The van der Waals surface area contributed by atoms with Crippen LogP contribution in [-0.4, -0.2) is 14.6 Å². The first-order valence-electron chi connectivity index (χ1n) is 5.68. The van der Waals surface area contributed by atoms with Gasteiger partial charge < -0.3 is 0 Å². The average Bonchev–Trinajstić information content (AvgIpc) is 2.91. The van der Waals surface area contributed by atoms with Crippen molar-refractivity contribution in [2.24, 2.45) is 0 Å². The number of pyridine rings is 1. The van der Waals surface area contributed by atoms with Crippen LogP contribution in [0.1, 0.15) is 0 Å². The topological polar surface area (TPSA) is 73.0 Å². The van der Waals surface area contributed by atoms with Gasteiger partial charge >= 0.3 is 0 Å². The molecule has 2 heterocycles. The second-order valence-corrected chi connectivity index (χ2v) is 3.99. The van der Waals surface area contributed by atoms with Crippen molar-refractivity contribution in [1.29, 1.82) is 0 Å². The summed E-state index contributed by atoms with van der Waals surface area (Å²) >= 11 is 0. The average molecular weight is 254 g/mol. The Kier molecular flexibility index (Phi) is 2.60. The van der Waals surface area contributed by atoms with E-state index in [9.17, 15) is 10.1 Å². The van der Waals surface area contributed by atoms with Crippen LogP contribution in [0.5, 0.6) is 0 Å². The van der Waals surface area contributed by atoms with E-state index < -0.39 is 4.92 Å². The van der Waals surface area contributed by atoms with E-state index >= 15 is 0 Å². The summed E-state index contributed by atoms with van der Waals surface area (Å²) in [5.41, 5.74) is 4.30. The molecule has 0 aliphatic heterocycles. The zero-order valence-corrected chi connectivity index (χ0v) is 9.85. The highest BCUT2D eigenvalue weighted by molar-refractivity contribution is 5.96. The van der Waals surface area contributed by atoms with Crippen molar-refractivity contribution in [2.75, 3.05) is 5.43 Å². The van der Waals surface area contributed by atoms with Gasteiger partial charge in [0.1, 0.15) is 5.52 Å². The van der Waals surface area contributed by atoms with Gasteiger partial charge in [-0.3, -0.25) is 20.2 Å². The molecule has 0 saturated heterocycles. The third-order valence-electron chi connectivity index (χ3n) is 2.80. The number of nitro benzene ring substituents is 1. The lowest BCUT2D eigenvalue weighted by Crippen LogP contribution is -2.06. The normalized spacial score (nSPS) is 10.5. The Morgan fingerprint density at radius 3 is 2.68 bits per heavy atom. The number of anilines is 1. The maximum atomic E-state index is 11.0. The molecule has 0 aliphatic carbocycles. The Morgan fingerprint density at radius 2 is 1.95 bits per heavy atom. The van der Waals surface area contributed by atoms with E-state index in [1.807, 2.05) is 24.5 Å². The van der Waals surface area contributed by atoms with Gasteiger partial charge in [-0.25, -0.2) is 4.98 Å². The second kappa shape index (κ2) is 4.41. The number of nitrogens with zero attached hydrogens (tertiary/aromatic N) is 3. The van der Waals surface area contributed by atoms with Gasteiger partial charge in [-0.2, -0.15) is 0 Å². The molecule has 0 aliphatic rings. The number of para-hydroxylation sites is 1. The Morgan fingerprint density at radius 1 is 1.16 bits per heavy atom. The van der Waals surface area contributed by atoms with Gasteiger partial charge in [0.2, 0.25) is 0 Å². The summed E-state index contributed by atoms with van der Waals surface area (Å²) in [6.45, 7) is 0. The summed E-state index contributed by atoms with van der Waals surface area (Å²) in [7, 11) is 0. The lowest BCUT2D eigenvalue weighted by Gasteiger charge is -2.10. The molecule has 94 valence electrons. The molecule has 0 radical (unpaired) electrons. The Labute approximate surface area is 108 Å². The first kappa shape index (κ1) is 11.2. The number of aromatic nitrogens is 2. The molecule has 2 aromatic heterocycles. The van der Waals surface area contributed by atoms with E-state index in [2.05, 4.69) is 10.4 Å². The maximum absolute atomic E-state index is 11.0. The number of hydrogen-bond acceptors (Lipinski definition) is 4. The molecule has 6 nitrogen and oxygen atoms in total. The smallest absolute Gasteiger partial charge is 0.294 e. The molecule has 0 atom stereocenters. The van der Waals surface area contributed by atoms with E-state index in [1.165, 1.54) is 6.07 Å². The molecule has 0 bridgehead atoms. The summed E-state index contributed by atoms with van der Waals surface area (Å²) in [5, 5.41) is 11.7. The van der Waals surface area contributed by atoms with Crippen LogP contribution < -0.4 is 5.43 Å². The Bertz CT molecular complexity index is 737. The minimum absolute atomic E-state index is 0.00801. The standard InChI is InChI=1S/C13H10N4O2/c18-17(19)12-5-3-4-10-11(6-7-14-13(10)12)15-16-8-1-2-9-16/h1-9H,(H,14,15). The molecule has 0 saturated carbocycles. The number of nitrogens with one attached hydrogen (secondary N) is 1. The molecular formula is C13H10N4O2. The number of fused-ring (bicyclic) bond motifs is 1. The predicted octanol–water partition coefficient (Wildman–Crippen LogP) is 2.82. The molecule has 3 aromatic rings. The molecule has 1 N–H and O–H groups in total. The quantitative estimate of drug-likeness (QED) is 0.576. The summed E-state index contributed by atoms with van der Waals surface area (Å²) in [6, 6.07) is 10.5. The number of benzene rings is 1. The van der Waals surface area contributed by atoms with E-state index in [0.717, 1.165) is 5.69 Å². The molecule has 6 heteroatoms. The molecule has 0 unspecified atom stereocenters. The zero-order chi connectivity index (χ0) is 13.2. The van der Waals surface area contributed by atoms with Crippen molar-refractivity contribution in [3.8, 4) is 0 Å². The highest BCUT2D eigenvalue weighted by Crippen LogP contribution is 2.28. The molecule has 0 spiro atoms. The van der Waals surface area contributed by atoms with Gasteiger partial charge in [0.15, 0.2) is 0 Å². The summed E-state index contributed by atoms with van der Waals surface area (Å²) in [5.74, 6) is 0. The van der Waals surface area contributed by atoms with Gasteiger partial charge in [0.05, 0.1) is 10.6 Å². The van der Waals surface area contributed by atoms with Gasteiger partial charge in [0, 0.05) is 30.0 Å². The van der Waals surface area contributed by atoms with Crippen molar-refractivity contribution < 1.29 is 4.92 Å². The van der Waals surface area contributed by atoms with Crippen molar-refractivity contribution in [3.63, 3.8) is 0 Å². The van der Waals surface area contributed by atoms with Crippen LogP contribution in [0.15, 0.2) is 55.0 Å². The molecule has 0 fully saturated rings. The first-order chi connectivity index (χ1) is 9.25. The molecule has 19 heavy (non-hydrogen) atoms. The summed E-state index contributed by atoms with van der Waals surface area (Å²) in [4.78, 5) is 14.7. The predicted molar refractivity (Wildman–Crippen MR) is 71.9 cm³/mol. The van der Waals surface area contributed by atoms with Gasteiger partial charge in [-0.05, 0) is 18.2 Å². The van der Waals surface area contributed by atoms with E-state index in [4.69, 9.17) is 0 Å². The highest BCUT2D eigenvalue weighted by atomic mass is 16.6. The van der Waals surface area contributed by atoms with Crippen molar-refractivity contribution >= 4 is 22.3 Å². The molecule has 0 amide bonds. The molecular weight excluding hydrogens is 244 g/mol. The lowest BCUT2D eigenvalue weighted by atomic mass is 10.1. The Hall–Kier alpha value is -2.89. The van der Waals surface area contributed by atoms with E-state index in [-0.39, 0.29) is 5.69 Å². The third kappa shape index (κ3) is 1.99. The number of non-ortho nitro benzene ring substituents is 1. The minimum atomic E-state index is -0.422. The largest absolute Gasteiger partial charge is 0.295 e.